The number of urea groups is 1. The maximum atomic E-state index is 12.8. The topological polar surface area (TPSA) is 69.7 Å². The molecule has 0 bridgehead atoms. The molecule has 1 aromatic rings. The lowest BCUT2D eigenvalue weighted by Gasteiger charge is -2.24. The monoisotopic (exact) mass is 335 g/mol. The predicted molar refractivity (Wildman–Crippen MR) is 84.9 cm³/mol. The molecule has 0 radical (unpaired) electrons. The molecule has 1 atom stereocenters. The minimum absolute atomic E-state index is 0.200. The first-order valence-electron chi connectivity index (χ1n) is 7.60. The molecule has 1 aromatic carbocycles. The number of amides is 4. The van der Waals surface area contributed by atoms with Crippen molar-refractivity contribution in [3.63, 3.8) is 0 Å². The summed E-state index contributed by atoms with van der Waals surface area (Å²) >= 11 is 6.17. The molecular weight excluding hydrogens is 318 g/mol. The number of hydrogen-bond donors (Lipinski definition) is 1. The normalized spacial score (nSPS) is 24.3. The number of benzene rings is 1. The van der Waals surface area contributed by atoms with Crippen LogP contribution in [0, 0.1) is 0 Å². The van der Waals surface area contributed by atoms with E-state index in [0.29, 0.717) is 23.7 Å². The number of rotatable bonds is 3. The second-order valence-electron chi connectivity index (χ2n) is 6.01. The first-order valence-corrected chi connectivity index (χ1v) is 7.98. The highest BCUT2D eigenvalue weighted by Crippen LogP contribution is 2.33. The van der Waals surface area contributed by atoms with Crippen molar-refractivity contribution < 1.29 is 14.4 Å². The third kappa shape index (κ3) is 2.67. The van der Waals surface area contributed by atoms with Gasteiger partial charge in [-0.2, -0.15) is 0 Å². The van der Waals surface area contributed by atoms with Crippen molar-refractivity contribution in [2.75, 3.05) is 19.6 Å². The van der Waals surface area contributed by atoms with Crippen LogP contribution < -0.4 is 5.32 Å². The average molecular weight is 336 g/mol. The third-order valence-electron chi connectivity index (χ3n) is 4.44. The van der Waals surface area contributed by atoms with Crippen molar-refractivity contribution in [2.45, 2.75) is 25.3 Å². The summed E-state index contributed by atoms with van der Waals surface area (Å²) in [5.74, 6) is -0.655. The van der Waals surface area contributed by atoms with Crippen LogP contribution >= 0.6 is 11.6 Å². The van der Waals surface area contributed by atoms with Crippen LogP contribution in [0.5, 0.6) is 0 Å². The van der Waals surface area contributed by atoms with Crippen molar-refractivity contribution in [3.8, 4) is 0 Å². The summed E-state index contributed by atoms with van der Waals surface area (Å²) in [5.41, 5.74) is -0.725. The molecule has 2 fully saturated rings. The quantitative estimate of drug-likeness (QED) is 0.855. The second kappa shape index (κ2) is 5.85. The Balaban J connectivity index is 1.82. The Kier molecular flexibility index (Phi) is 4.02. The SMILES string of the molecule is C[C@@]1(c2ccccc2Cl)NC(=O)N(CC(=O)N2CCCC2)C1=O. The summed E-state index contributed by atoms with van der Waals surface area (Å²) in [6, 6.07) is 6.31. The zero-order valence-corrected chi connectivity index (χ0v) is 13.6. The summed E-state index contributed by atoms with van der Waals surface area (Å²) < 4.78 is 0. The molecule has 0 aliphatic carbocycles. The van der Waals surface area contributed by atoms with Crippen LogP contribution in [0.2, 0.25) is 5.02 Å². The fraction of sp³-hybridized carbons (Fsp3) is 0.438. The minimum Gasteiger partial charge on any atom is -0.341 e. The number of imide groups is 1. The average Bonchev–Trinajstić information content (AvgIpc) is 3.12. The van der Waals surface area contributed by atoms with Gasteiger partial charge in [0.1, 0.15) is 12.1 Å². The van der Waals surface area contributed by atoms with Crippen LogP contribution in [0.25, 0.3) is 0 Å². The van der Waals surface area contributed by atoms with Gasteiger partial charge in [-0.25, -0.2) is 4.79 Å². The summed E-state index contributed by atoms with van der Waals surface area (Å²) in [6.07, 6.45) is 1.92. The van der Waals surface area contributed by atoms with Crippen molar-refractivity contribution in [2.24, 2.45) is 0 Å². The van der Waals surface area contributed by atoms with Crippen LogP contribution in [-0.2, 0) is 15.1 Å². The molecule has 2 aliphatic heterocycles. The van der Waals surface area contributed by atoms with Gasteiger partial charge < -0.3 is 10.2 Å². The number of carbonyl (C=O) groups is 3. The molecule has 6 nitrogen and oxygen atoms in total. The molecule has 2 heterocycles. The van der Waals surface area contributed by atoms with Crippen LogP contribution in [0.15, 0.2) is 24.3 Å². The van der Waals surface area contributed by atoms with E-state index in [1.165, 1.54) is 0 Å². The van der Waals surface area contributed by atoms with E-state index >= 15 is 0 Å². The van der Waals surface area contributed by atoms with Gasteiger partial charge in [0.05, 0.1) is 0 Å². The van der Waals surface area contributed by atoms with Gasteiger partial charge in [0, 0.05) is 23.7 Å². The predicted octanol–water partition coefficient (Wildman–Crippen LogP) is 1.73. The van der Waals surface area contributed by atoms with E-state index in [0.717, 1.165) is 17.7 Å². The molecule has 1 N–H and O–H groups in total. The number of halogens is 1. The molecular formula is C16H18ClN3O3. The highest BCUT2D eigenvalue weighted by Gasteiger charge is 2.50. The molecule has 0 aromatic heterocycles. The van der Waals surface area contributed by atoms with Crippen molar-refractivity contribution in [1.82, 2.24) is 15.1 Å². The highest BCUT2D eigenvalue weighted by atomic mass is 35.5. The molecule has 122 valence electrons. The molecule has 7 heteroatoms. The Morgan fingerprint density at radius 3 is 2.57 bits per heavy atom. The first-order chi connectivity index (χ1) is 10.9. The lowest BCUT2D eigenvalue weighted by atomic mass is 9.92. The lowest BCUT2D eigenvalue weighted by molar-refractivity contribution is -0.138. The van der Waals surface area contributed by atoms with Crippen molar-refractivity contribution in [3.05, 3.63) is 34.9 Å². The Bertz CT molecular complexity index is 672. The van der Waals surface area contributed by atoms with Gasteiger partial charge in [-0.3, -0.25) is 14.5 Å². The van der Waals surface area contributed by atoms with Gasteiger partial charge in [-0.05, 0) is 25.8 Å². The zero-order chi connectivity index (χ0) is 16.6. The van der Waals surface area contributed by atoms with Crippen LogP contribution in [-0.4, -0.2) is 47.3 Å². The smallest absolute Gasteiger partial charge is 0.325 e. The van der Waals surface area contributed by atoms with E-state index in [1.54, 1.807) is 36.1 Å². The molecule has 2 aliphatic rings. The minimum atomic E-state index is -1.25. The van der Waals surface area contributed by atoms with E-state index < -0.39 is 17.5 Å². The van der Waals surface area contributed by atoms with Crippen LogP contribution in [0.1, 0.15) is 25.3 Å². The van der Waals surface area contributed by atoms with Gasteiger partial charge in [0.2, 0.25) is 5.91 Å². The summed E-state index contributed by atoms with van der Waals surface area (Å²) in [5, 5.41) is 3.06. The summed E-state index contributed by atoms with van der Waals surface area (Å²) in [6.45, 7) is 2.74. The van der Waals surface area contributed by atoms with E-state index in [1.807, 2.05) is 0 Å². The molecule has 0 unspecified atom stereocenters. The van der Waals surface area contributed by atoms with E-state index in [4.69, 9.17) is 11.6 Å². The number of carbonyl (C=O) groups excluding carboxylic acids is 3. The first kappa shape index (κ1) is 15.8. The Hall–Kier alpha value is -2.08. The number of nitrogens with one attached hydrogen (secondary N) is 1. The third-order valence-corrected chi connectivity index (χ3v) is 4.77. The molecule has 4 amide bonds. The lowest BCUT2D eigenvalue weighted by Crippen LogP contribution is -2.44. The largest absolute Gasteiger partial charge is 0.341 e. The van der Waals surface area contributed by atoms with Crippen LogP contribution in [0.4, 0.5) is 4.79 Å². The van der Waals surface area contributed by atoms with Gasteiger partial charge in [-0.1, -0.05) is 29.8 Å². The van der Waals surface area contributed by atoms with Gasteiger partial charge in [0.25, 0.3) is 5.91 Å². The van der Waals surface area contributed by atoms with Gasteiger partial charge >= 0.3 is 6.03 Å². The molecule has 2 saturated heterocycles. The van der Waals surface area contributed by atoms with Gasteiger partial charge in [-0.15, -0.1) is 0 Å². The second-order valence-corrected chi connectivity index (χ2v) is 6.42. The Labute approximate surface area is 139 Å². The van der Waals surface area contributed by atoms with E-state index in [2.05, 4.69) is 5.32 Å². The maximum Gasteiger partial charge on any atom is 0.325 e. The fourth-order valence-electron chi connectivity index (χ4n) is 3.09. The Morgan fingerprint density at radius 2 is 1.91 bits per heavy atom. The standard InChI is InChI=1S/C16H18ClN3O3/c1-16(11-6-2-3-7-12(11)17)14(22)20(15(23)18-16)10-13(21)19-8-4-5-9-19/h2-3,6-7H,4-5,8-10H2,1H3,(H,18,23)/t16-/m0/s1. The van der Waals surface area contributed by atoms with Crippen LogP contribution in [0.3, 0.4) is 0 Å². The molecule has 0 saturated carbocycles. The molecule has 3 rings (SSSR count). The van der Waals surface area contributed by atoms with Crippen molar-refractivity contribution >= 4 is 29.4 Å². The highest BCUT2D eigenvalue weighted by molar-refractivity contribution is 6.32. The number of nitrogens with zero attached hydrogens (tertiary/aromatic N) is 2. The molecule has 0 spiro atoms. The fourth-order valence-corrected chi connectivity index (χ4v) is 3.42. The summed E-state index contributed by atoms with van der Waals surface area (Å²) in [7, 11) is 0. The van der Waals surface area contributed by atoms with Gasteiger partial charge in [0.15, 0.2) is 0 Å². The summed E-state index contributed by atoms with van der Waals surface area (Å²) in [4.78, 5) is 39.9. The van der Waals surface area contributed by atoms with E-state index in [-0.39, 0.29) is 12.5 Å². The zero-order valence-electron chi connectivity index (χ0n) is 12.8. The number of hydrogen-bond acceptors (Lipinski definition) is 3. The maximum absolute atomic E-state index is 12.8. The van der Waals surface area contributed by atoms with Crippen molar-refractivity contribution in [1.29, 1.82) is 0 Å². The molecule has 23 heavy (non-hydrogen) atoms. The van der Waals surface area contributed by atoms with E-state index in [9.17, 15) is 14.4 Å². The Morgan fingerprint density at radius 1 is 1.26 bits per heavy atom. The number of likely N-dealkylation sites (tertiary alicyclic amines) is 1.